The third kappa shape index (κ3) is 2.37. The van der Waals surface area contributed by atoms with Crippen LogP contribution in [0.3, 0.4) is 0 Å². The zero-order chi connectivity index (χ0) is 13.4. The Kier molecular flexibility index (Phi) is 3.05. The first kappa shape index (κ1) is 12.3. The number of carboxylic acid groups (broad SMARTS) is 1. The number of hydrogen-bond donors (Lipinski definition) is 1. The van der Waals surface area contributed by atoms with Crippen LogP contribution < -0.4 is 0 Å². The number of hydrogen-bond acceptors (Lipinski definition) is 2. The normalized spacial score (nSPS) is 11.0. The first-order valence-electron chi connectivity index (χ1n) is 5.70. The van der Waals surface area contributed by atoms with Gasteiger partial charge in [0.15, 0.2) is 0 Å². The third-order valence-corrected chi connectivity index (χ3v) is 4.19. The van der Waals surface area contributed by atoms with Crippen LogP contribution in [0, 0.1) is 0 Å². The van der Waals surface area contributed by atoms with Gasteiger partial charge in [-0.2, -0.15) is 0 Å². The quantitative estimate of drug-likeness (QED) is 0.789. The number of carboxylic acids is 1. The molecule has 1 N–H and O–H groups in total. The highest BCUT2D eigenvalue weighted by atomic mass is 35.5. The third-order valence-electron chi connectivity index (χ3n) is 2.98. The van der Waals surface area contributed by atoms with E-state index >= 15 is 0 Å². The van der Waals surface area contributed by atoms with Crippen molar-refractivity contribution in [3.05, 3.63) is 57.4 Å². The number of aromatic carboxylic acids is 1. The van der Waals surface area contributed by atoms with Crippen LogP contribution in [-0.2, 0) is 6.54 Å². The molecule has 3 aromatic rings. The minimum Gasteiger partial charge on any atom is -0.478 e. The molecule has 0 fully saturated rings. The van der Waals surface area contributed by atoms with Crippen LogP contribution in [0.25, 0.3) is 10.9 Å². The Morgan fingerprint density at radius 1 is 1.26 bits per heavy atom. The number of benzene rings is 1. The molecule has 1 aromatic carbocycles. The SMILES string of the molecule is O=C(O)c1ccc2ccn(Cc3ccc(Cl)s3)c2c1. The van der Waals surface area contributed by atoms with Crippen LogP contribution in [0.5, 0.6) is 0 Å². The monoisotopic (exact) mass is 291 g/mol. The molecular weight excluding hydrogens is 282 g/mol. The van der Waals surface area contributed by atoms with Crippen molar-refractivity contribution >= 4 is 39.8 Å². The molecule has 0 saturated heterocycles. The van der Waals surface area contributed by atoms with E-state index in [1.807, 2.05) is 35.0 Å². The number of carbonyl (C=O) groups is 1. The Morgan fingerprint density at radius 2 is 2.11 bits per heavy atom. The van der Waals surface area contributed by atoms with E-state index in [9.17, 15) is 4.79 Å². The van der Waals surface area contributed by atoms with Gasteiger partial charge in [0.25, 0.3) is 0 Å². The van der Waals surface area contributed by atoms with Crippen LogP contribution in [-0.4, -0.2) is 15.6 Å². The van der Waals surface area contributed by atoms with Crippen molar-refractivity contribution in [2.45, 2.75) is 6.54 Å². The van der Waals surface area contributed by atoms with E-state index in [1.165, 1.54) is 11.3 Å². The van der Waals surface area contributed by atoms with E-state index in [1.54, 1.807) is 12.1 Å². The molecule has 0 amide bonds. The molecule has 0 spiro atoms. The largest absolute Gasteiger partial charge is 0.478 e. The fourth-order valence-corrected chi connectivity index (χ4v) is 3.15. The van der Waals surface area contributed by atoms with Gasteiger partial charge in [-0.3, -0.25) is 0 Å². The second-order valence-electron chi connectivity index (χ2n) is 4.23. The summed E-state index contributed by atoms with van der Waals surface area (Å²) in [7, 11) is 0. The summed E-state index contributed by atoms with van der Waals surface area (Å²) >= 11 is 7.45. The second-order valence-corrected chi connectivity index (χ2v) is 6.03. The Labute approximate surface area is 118 Å². The van der Waals surface area contributed by atoms with Crippen LogP contribution in [0.1, 0.15) is 15.2 Å². The molecule has 0 radical (unpaired) electrons. The fourth-order valence-electron chi connectivity index (χ4n) is 2.06. The van der Waals surface area contributed by atoms with Gasteiger partial charge in [-0.05, 0) is 35.7 Å². The molecular formula is C14H10ClNO2S. The predicted octanol–water partition coefficient (Wildman–Crippen LogP) is 4.10. The average molecular weight is 292 g/mol. The summed E-state index contributed by atoms with van der Waals surface area (Å²) in [6, 6.07) is 11.0. The maximum Gasteiger partial charge on any atom is 0.335 e. The number of rotatable bonds is 3. The van der Waals surface area contributed by atoms with E-state index in [0.29, 0.717) is 12.1 Å². The molecule has 19 heavy (non-hydrogen) atoms. The summed E-state index contributed by atoms with van der Waals surface area (Å²) in [5.74, 6) is -0.909. The van der Waals surface area contributed by atoms with E-state index in [2.05, 4.69) is 0 Å². The van der Waals surface area contributed by atoms with Gasteiger partial charge < -0.3 is 9.67 Å². The van der Waals surface area contributed by atoms with Crippen molar-refractivity contribution in [1.82, 2.24) is 4.57 Å². The number of nitrogens with zero attached hydrogens (tertiary/aromatic N) is 1. The molecule has 2 heterocycles. The molecule has 2 aromatic heterocycles. The lowest BCUT2D eigenvalue weighted by Gasteiger charge is -2.04. The summed E-state index contributed by atoms with van der Waals surface area (Å²) in [6.07, 6.45) is 1.96. The number of aromatic nitrogens is 1. The van der Waals surface area contributed by atoms with Crippen LogP contribution in [0.4, 0.5) is 0 Å². The Hall–Kier alpha value is -1.78. The molecule has 0 atom stereocenters. The number of halogens is 1. The molecule has 96 valence electrons. The summed E-state index contributed by atoms with van der Waals surface area (Å²) in [5, 5.41) is 10.1. The zero-order valence-electron chi connectivity index (χ0n) is 9.84. The smallest absolute Gasteiger partial charge is 0.335 e. The zero-order valence-corrected chi connectivity index (χ0v) is 11.4. The molecule has 0 aliphatic rings. The molecule has 5 heteroatoms. The van der Waals surface area contributed by atoms with E-state index in [4.69, 9.17) is 16.7 Å². The molecule has 0 bridgehead atoms. The van der Waals surface area contributed by atoms with Gasteiger partial charge in [0, 0.05) is 16.6 Å². The maximum atomic E-state index is 11.0. The first-order chi connectivity index (χ1) is 9.13. The Bertz CT molecular complexity index is 760. The number of fused-ring (bicyclic) bond motifs is 1. The van der Waals surface area contributed by atoms with Gasteiger partial charge in [0.1, 0.15) is 0 Å². The molecule has 0 aliphatic heterocycles. The van der Waals surface area contributed by atoms with E-state index in [0.717, 1.165) is 20.1 Å². The number of thiophene rings is 1. The minimum atomic E-state index is -0.909. The molecule has 3 nitrogen and oxygen atoms in total. The summed E-state index contributed by atoms with van der Waals surface area (Å²) in [6.45, 7) is 0.698. The van der Waals surface area contributed by atoms with Gasteiger partial charge in [-0.25, -0.2) is 4.79 Å². The van der Waals surface area contributed by atoms with E-state index in [-0.39, 0.29) is 0 Å². The van der Waals surface area contributed by atoms with Gasteiger partial charge in [-0.15, -0.1) is 11.3 Å². The predicted molar refractivity (Wildman–Crippen MR) is 77.3 cm³/mol. The highest BCUT2D eigenvalue weighted by Crippen LogP contribution is 2.24. The Balaban J connectivity index is 2.03. The van der Waals surface area contributed by atoms with Crippen LogP contribution in [0.2, 0.25) is 4.34 Å². The average Bonchev–Trinajstić information content (AvgIpc) is 2.96. The van der Waals surface area contributed by atoms with Gasteiger partial charge >= 0.3 is 5.97 Å². The van der Waals surface area contributed by atoms with Gasteiger partial charge in [-0.1, -0.05) is 17.7 Å². The lowest BCUT2D eigenvalue weighted by Crippen LogP contribution is -1.99. The lowest BCUT2D eigenvalue weighted by atomic mass is 10.1. The van der Waals surface area contributed by atoms with Crippen molar-refractivity contribution in [2.75, 3.05) is 0 Å². The van der Waals surface area contributed by atoms with E-state index < -0.39 is 5.97 Å². The van der Waals surface area contributed by atoms with Crippen molar-refractivity contribution < 1.29 is 9.90 Å². The molecule has 0 aliphatic carbocycles. The minimum absolute atomic E-state index is 0.302. The summed E-state index contributed by atoms with van der Waals surface area (Å²) in [4.78, 5) is 12.2. The van der Waals surface area contributed by atoms with Crippen molar-refractivity contribution in [3.8, 4) is 0 Å². The van der Waals surface area contributed by atoms with Gasteiger partial charge in [0.05, 0.1) is 16.4 Å². The standard InChI is InChI=1S/C14H10ClNO2S/c15-13-4-3-11(19-13)8-16-6-5-9-1-2-10(14(17)18)7-12(9)16/h1-7H,8H2,(H,17,18). The molecule has 0 unspecified atom stereocenters. The Morgan fingerprint density at radius 3 is 2.79 bits per heavy atom. The van der Waals surface area contributed by atoms with Crippen molar-refractivity contribution in [1.29, 1.82) is 0 Å². The lowest BCUT2D eigenvalue weighted by molar-refractivity contribution is 0.0697. The first-order valence-corrected chi connectivity index (χ1v) is 6.89. The molecule has 3 rings (SSSR count). The molecule has 0 saturated carbocycles. The summed E-state index contributed by atoms with van der Waals surface area (Å²) < 4.78 is 2.79. The van der Waals surface area contributed by atoms with Crippen molar-refractivity contribution in [3.63, 3.8) is 0 Å². The van der Waals surface area contributed by atoms with Crippen LogP contribution in [0.15, 0.2) is 42.6 Å². The second kappa shape index (κ2) is 4.72. The van der Waals surface area contributed by atoms with Crippen LogP contribution >= 0.6 is 22.9 Å². The summed E-state index contributed by atoms with van der Waals surface area (Å²) in [5.41, 5.74) is 1.22. The van der Waals surface area contributed by atoms with Crippen molar-refractivity contribution in [2.24, 2.45) is 0 Å². The highest BCUT2D eigenvalue weighted by molar-refractivity contribution is 7.16. The fraction of sp³-hybridized carbons (Fsp3) is 0.0714. The van der Waals surface area contributed by atoms with Gasteiger partial charge in [0.2, 0.25) is 0 Å². The maximum absolute atomic E-state index is 11.0. The highest BCUT2D eigenvalue weighted by Gasteiger charge is 2.08. The topological polar surface area (TPSA) is 42.2 Å².